The summed E-state index contributed by atoms with van der Waals surface area (Å²) in [5, 5.41) is 12.2. The molecule has 0 atom stereocenters. The lowest BCUT2D eigenvalue weighted by Gasteiger charge is -2.11. The Kier molecular flexibility index (Phi) is 4.46. The summed E-state index contributed by atoms with van der Waals surface area (Å²) in [7, 11) is 3.26. The van der Waals surface area contributed by atoms with E-state index in [0.717, 1.165) is 22.7 Å². The first-order valence-electron chi connectivity index (χ1n) is 6.21. The van der Waals surface area contributed by atoms with Crippen molar-refractivity contribution in [1.29, 1.82) is 5.26 Å². The molecular formula is C16H16N2O2. The van der Waals surface area contributed by atoms with Crippen LogP contribution >= 0.6 is 0 Å². The molecule has 0 aliphatic heterocycles. The molecule has 2 rings (SSSR count). The van der Waals surface area contributed by atoms with Gasteiger partial charge in [0.25, 0.3) is 0 Å². The molecule has 0 saturated heterocycles. The smallest absolute Gasteiger partial charge is 0.123 e. The molecule has 0 spiro atoms. The van der Waals surface area contributed by atoms with E-state index in [9.17, 15) is 0 Å². The lowest BCUT2D eigenvalue weighted by molar-refractivity contribution is 0.410. The van der Waals surface area contributed by atoms with Crippen molar-refractivity contribution in [2.75, 3.05) is 19.5 Å². The van der Waals surface area contributed by atoms with Crippen LogP contribution in [-0.4, -0.2) is 14.2 Å². The molecule has 2 aromatic rings. The first-order valence-corrected chi connectivity index (χ1v) is 6.21. The summed E-state index contributed by atoms with van der Waals surface area (Å²) in [6.45, 7) is 0.588. The summed E-state index contributed by atoms with van der Waals surface area (Å²) in [6, 6.07) is 15.2. The summed E-state index contributed by atoms with van der Waals surface area (Å²) in [6.07, 6.45) is 0. The highest BCUT2D eigenvalue weighted by Crippen LogP contribution is 2.22. The van der Waals surface area contributed by atoms with Crippen molar-refractivity contribution < 1.29 is 9.47 Å². The number of nitriles is 1. The van der Waals surface area contributed by atoms with Crippen LogP contribution in [0.15, 0.2) is 42.5 Å². The third kappa shape index (κ3) is 3.21. The Morgan fingerprint density at radius 3 is 2.40 bits per heavy atom. The Morgan fingerprint density at radius 2 is 1.80 bits per heavy atom. The Balaban J connectivity index is 2.11. The molecule has 0 amide bonds. The van der Waals surface area contributed by atoms with Crippen molar-refractivity contribution >= 4 is 5.69 Å². The zero-order valence-corrected chi connectivity index (χ0v) is 11.5. The van der Waals surface area contributed by atoms with E-state index < -0.39 is 0 Å². The molecule has 0 bridgehead atoms. The molecule has 0 saturated carbocycles. The van der Waals surface area contributed by atoms with Gasteiger partial charge in [-0.25, -0.2) is 0 Å². The van der Waals surface area contributed by atoms with E-state index in [4.69, 9.17) is 14.7 Å². The van der Waals surface area contributed by atoms with Crippen LogP contribution in [0.2, 0.25) is 0 Å². The maximum atomic E-state index is 8.94. The van der Waals surface area contributed by atoms with Gasteiger partial charge in [-0.3, -0.25) is 0 Å². The van der Waals surface area contributed by atoms with Gasteiger partial charge in [0, 0.05) is 17.8 Å². The zero-order chi connectivity index (χ0) is 14.4. The number of rotatable bonds is 5. The number of nitrogens with zero attached hydrogens (tertiary/aromatic N) is 1. The number of benzene rings is 2. The first kappa shape index (κ1) is 13.8. The van der Waals surface area contributed by atoms with Crippen LogP contribution in [-0.2, 0) is 6.54 Å². The number of methoxy groups -OCH3 is 2. The van der Waals surface area contributed by atoms with E-state index in [-0.39, 0.29) is 0 Å². The van der Waals surface area contributed by atoms with Crippen LogP contribution in [0.4, 0.5) is 5.69 Å². The van der Waals surface area contributed by atoms with Crippen molar-refractivity contribution in [3.8, 4) is 17.6 Å². The monoisotopic (exact) mass is 268 g/mol. The van der Waals surface area contributed by atoms with Gasteiger partial charge < -0.3 is 14.8 Å². The largest absolute Gasteiger partial charge is 0.497 e. The van der Waals surface area contributed by atoms with Crippen molar-refractivity contribution in [1.82, 2.24) is 0 Å². The number of hydrogen-bond acceptors (Lipinski definition) is 4. The van der Waals surface area contributed by atoms with E-state index in [1.54, 1.807) is 20.3 Å². The fourth-order valence-corrected chi connectivity index (χ4v) is 1.89. The predicted octanol–water partition coefficient (Wildman–Crippen LogP) is 3.19. The van der Waals surface area contributed by atoms with Gasteiger partial charge in [-0.15, -0.1) is 0 Å². The van der Waals surface area contributed by atoms with Crippen molar-refractivity contribution in [2.24, 2.45) is 0 Å². The topological polar surface area (TPSA) is 54.3 Å². The second-order valence-electron chi connectivity index (χ2n) is 4.22. The van der Waals surface area contributed by atoms with Crippen molar-refractivity contribution in [2.45, 2.75) is 6.54 Å². The SMILES string of the molecule is COc1ccc(NCc2cc(C#N)ccc2OC)cc1. The minimum atomic E-state index is 0.588. The lowest BCUT2D eigenvalue weighted by Crippen LogP contribution is -2.02. The maximum absolute atomic E-state index is 8.94. The van der Waals surface area contributed by atoms with Crippen LogP contribution in [0.5, 0.6) is 11.5 Å². The Hall–Kier alpha value is -2.67. The summed E-state index contributed by atoms with van der Waals surface area (Å²) in [4.78, 5) is 0. The summed E-state index contributed by atoms with van der Waals surface area (Å²) < 4.78 is 10.4. The minimum Gasteiger partial charge on any atom is -0.497 e. The van der Waals surface area contributed by atoms with Gasteiger partial charge in [0.1, 0.15) is 11.5 Å². The molecule has 0 fully saturated rings. The van der Waals surface area contributed by atoms with Crippen molar-refractivity contribution in [3.05, 3.63) is 53.6 Å². The summed E-state index contributed by atoms with van der Waals surface area (Å²) >= 11 is 0. The highest BCUT2D eigenvalue weighted by molar-refractivity contribution is 5.49. The van der Waals surface area contributed by atoms with E-state index >= 15 is 0 Å². The van der Waals surface area contributed by atoms with Gasteiger partial charge in [0.15, 0.2) is 0 Å². The molecule has 1 N–H and O–H groups in total. The van der Waals surface area contributed by atoms with Gasteiger partial charge >= 0.3 is 0 Å². The Morgan fingerprint density at radius 1 is 1.05 bits per heavy atom. The van der Waals surface area contributed by atoms with E-state index in [1.807, 2.05) is 36.4 Å². The average Bonchev–Trinajstić information content (AvgIpc) is 2.53. The van der Waals surface area contributed by atoms with E-state index in [2.05, 4.69) is 11.4 Å². The van der Waals surface area contributed by atoms with Crippen LogP contribution in [0.25, 0.3) is 0 Å². The fourth-order valence-electron chi connectivity index (χ4n) is 1.89. The molecule has 0 heterocycles. The molecule has 0 aromatic heterocycles. The second-order valence-corrected chi connectivity index (χ2v) is 4.22. The molecule has 102 valence electrons. The normalized spacial score (nSPS) is 9.65. The van der Waals surface area contributed by atoms with Gasteiger partial charge in [-0.2, -0.15) is 5.26 Å². The zero-order valence-electron chi connectivity index (χ0n) is 11.5. The molecule has 0 aliphatic rings. The van der Waals surface area contributed by atoms with Crippen molar-refractivity contribution in [3.63, 3.8) is 0 Å². The van der Waals surface area contributed by atoms with Gasteiger partial charge in [-0.1, -0.05) is 0 Å². The Bertz CT molecular complexity index is 615. The molecule has 2 aromatic carbocycles. The highest BCUT2D eigenvalue weighted by atomic mass is 16.5. The maximum Gasteiger partial charge on any atom is 0.123 e. The summed E-state index contributed by atoms with van der Waals surface area (Å²) in [5.41, 5.74) is 2.55. The van der Waals surface area contributed by atoms with Gasteiger partial charge in [0.2, 0.25) is 0 Å². The third-order valence-electron chi connectivity index (χ3n) is 2.98. The number of anilines is 1. The highest BCUT2D eigenvalue weighted by Gasteiger charge is 2.04. The molecule has 4 heteroatoms. The Labute approximate surface area is 118 Å². The average molecular weight is 268 g/mol. The molecular weight excluding hydrogens is 252 g/mol. The number of ether oxygens (including phenoxy) is 2. The molecule has 0 aliphatic carbocycles. The first-order chi connectivity index (χ1) is 9.76. The fraction of sp³-hybridized carbons (Fsp3) is 0.188. The lowest BCUT2D eigenvalue weighted by atomic mass is 10.1. The van der Waals surface area contributed by atoms with Crippen LogP contribution in [0.3, 0.4) is 0 Å². The quantitative estimate of drug-likeness (QED) is 0.904. The summed E-state index contributed by atoms with van der Waals surface area (Å²) in [5.74, 6) is 1.59. The molecule has 4 nitrogen and oxygen atoms in total. The standard InChI is InChI=1S/C16H16N2O2/c1-19-15-6-4-14(5-7-15)18-11-13-9-12(10-17)3-8-16(13)20-2/h3-9,18H,11H2,1-2H3. The van der Waals surface area contributed by atoms with E-state index in [0.29, 0.717) is 12.1 Å². The third-order valence-corrected chi connectivity index (χ3v) is 2.98. The van der Waals surface area contributed by atoms with Crippen LogP contribution in [0.1, 0.15) is 11.1 Å². The van der Waals surface area contributed by atoms with Crippen LogP contribution in [0, 0.1) is 11.3 Å². The molecule has 0 unspecified atom stereocenters. The van der Waals surface area contributed by atoms with Crippen LogP contribution < -0.4 is 14.8 Å². The number of hydrogen-bond donors (Lipinski definition) is 1. The van der Waals surface area contributed by atoms with E-state index in [1.165, 1.54) is 0 Å². The minimum absolute atomic E-state index is 0.588. The second kappa shape index (κ2) is 6.48. The number of nitrogens with one attached hydrogen (secondary N) is 1. The van der Waals surface area contributed by atoms with Gasteiger partial charge in [0.05, 0.1) is 25.9 Å². The van der Waals surface area contributed by atoms with Gasteiger partial charge in [-0.05, 0) is 42.5 Å². The predicted molar refractivity (Wildman–Crippen MR) is 78.0 cm³/mol. The molecule has 0 radical (unpaired) electrons. The molecule has 20 heavy (non-hydrogen) atoms.